The number of esters is 1. The summed E-state index contributed by atoms with van der Waals surface area (Å²) in [7, 11) is 1.86. The van der Waals surface area contributed by atoms with Crippen LogP contribution in [0.2, 0.25) is 5.02 Å². The average Bonchev–Trinajstić information content (AvgIpc) is 2.78. The number of hydrogen-bond acceptors (Lipinski definition) is 5. The fraction of sp³-hybridized carbons (Fsp3) is 0.357. The van der Waals surface area contributed by atoms with Crippen LogP contribution in [0.15, 0.2) is 29.4 Å². The van der Waals surface area contributed by atoms with Gasteiger partial charge in [0.05, 0.1) is 11.9 Å². The predicted octanol–water partition coefficient (Wildman–Crippen LogP) is 3.18. The van der Waals surface area contributed by atoms with Gasteiger partial charge in [-0.15, -0.1) is 10.2 Å². The van der Waals surface area contributed by atoms with Gasteiger partial charge < -0.3 is 9.30 Å². The Kier molecular flexibility index (Phi) is 5.25. The van der Waals surface area contributed by atoms with Gasteiger partial charge in [0, 0.05) is 17.6 Å². The van der Waals surface area contributed by atoms with Crippen LogP contribution in [0.4, 0.5) is 0 Å². The number of thioether (sulfide) groups is 1. The van der Waals surface area contributed by atoms with Crippen molar-refractivity contribution in [3.8, 4) is 11.4 Å². The third-order valence-corrected chi connectivity index (χ3v) is 3.87. The summed E-state index contributed by atoms with van der Waals surface area (Å²) in [5.41, 5.74) is 0.922. The van der Waals surface area contributed by atoms with E-state index in [4.69, 9.17) is 16.3 Å². The monoisotopic (exact) mass is 325 g/mol. The zero-order chi connectivity index (χ0) is 15.4. The Hall–Kier alpha value is -1.53. The number of ether oxygens (including phenoxy) is 1. The van der Waals surface area contributed by atoms with E-state index in [0.29, 0.717) is 10.2 Å². The van der Waals surface area contributed by atoms with Crippen molar-refractivity contribution in [1.29, 1.82) is 0 Å². The standard InChI is InChI=1S/C14H16ClN3O2S/c1-9(2)20-12(19)8-21-14-17-16-13(18(14)3)10-4-6-11(15)7-5-10/h4-7,9H,8H2,1-3H3. The number of halogens is 1. The van der Waals surface area contributed by atoms with E-state index in [9.17, 15) is 4.79 Å². The molecular weight excluding hydrogens is 310 g/mol. The molecule has 2 aromatic rings. The Morgan fingerprint density at radius 2 is 2.00 bits per heavy atom. The lowest BCUT2D eigenvalue weighted by Crippen LogP contribution is -2.13. The molecule has 0 aliphatic carbocycles. The zero-order valence-electron chi connectivity index (χ0n) is 12.0. The van der Waals surface area contributed by atoms with E-state index in [0.717, 1.165) is 11.4 Å². The van der Waals surface area contributed by atoms with Crippen LogP contribution in [-0.2, 0) is 16.6 Å². The second-order valence-electron chi connectivity index (χ2n) is 4.70. The molecule has 0 atom stereocenters. The number of carbonyl (C=O) groups is 1. The molecule has 7 heteroatoms. The Bertz CT molecular complexity index is 626. The Morgan fingerprint density at radius 3 is 2.62 bits per heavy atom. The van der Waals surface area contributed by atoms with Crippen molar-refractivity contribution in [2.75, 3.05) is 5.75 Å². The summed E-state index contributed by atoms with van der Waals surface area (Å²) < 4.78 is 6.93. The van der Waals surface area contributed by atoms with Crippen molar-refractivity contribution in [2.24, 2.45) is 7.05 Å². The summed E-state index contributed by atoms with van der Waals surface area (Å²) >= 11 is 7.18. The first kappa shape index (κ1) is 15.9. The van der Waals surface area contributed by atoms with Gasteiger partial charge in [-0.3, -0.25) is 4.79 Å². The van der Waals surface area contributed by atoms with Crippen LogP contribution in [0, 0.1) is 0 Å². The van der Waals surface area contributed by atoms with Crippen molar-refractivity contribution in [3.63, 3.8) is 0 Å². The fourth-order valence-electron chi connectivity index (χ4n) is 1.71. The summed E-state index contributed by atoms with van der Waals surface area (Å²) in [6.07, 6.45) is -0.109. The van der Waals surface area contributed by atoms with E-state index in [2.05, 4.69) is 10.2 Å². The van der Waals surface area contributed by atoms with E-state index >= 15 is 0 Å². The zero-order valence-corrected chi connectivity index (χ0v) is 13.6. The third-order valence-electron chi connectivity index (χ3n) is 2.62. The van der Waals surface area contributed by atoms with E-state index < -0.39 is 0 Å². The first-order valence-electron chi connectivity index (χ1n) is 6.45. The first-order valence-corrected chi connectivity index (χ1v) is 7.81. The minimum absolute atomic E-state index is 0.109. The summed E-state index contributed by atoms with van der Waals surface area (Å²) in [5.74, 6) is 0.683. The minimum Gasteiger partial charge on any atom is -0.462 e. The van der Waals surface area contributed by atoms with Gasteiger partial charge in [0.2, 0.25) is 0 Å². The van der Waals surface area contributed by atoms with Crippen molar-refractivity contribution in [1.82, 2.24) is 14.8 Å². The van der Waals surface area contributed by atoms with Crippen LogP contribution in [0.1, 0.15) is 13.8 Å². The van der Waals surface area contributed by atoms with Crippen LogP contribution < -0.4 is 0 Å². The number of nitrogens with zero attached hydrogens (tertiary/aromatic N) is 3. The van der Waals surface area contributed by atoms with Crippen molar-refractivity contribution in [3.05, 3.63) is 29.3 Å². The molecule has 112 valence electrons. The van der Waals surface area contributed by atoms with Gasteiger partial charge in [-0.05, 0) is 38.1 Å². The smallest absolute Gasteiger partial charge is 0.316 e. The Labute approximate surface area is 132 Å². The number of aromatic nitrogens is 3. The molecule has 1 aromatic carbocycles. The second kappa shape index (κ2) is 6.95. The lowest BCUT2D eigenvalue weighted by Gasteiger charge is -2.07. The average molecular weight is 326 g/mol. The maximum absolute atomic E-state index is 11.5. The van der Waals surface area contributed by atoms with Gasteiger partial charge in [0.1, 0.15) is 0 Å². The van der Waals surface area contributed by atoms with E-state index in [1.165, 1.54) is 11.8 Å². The molecule has 21 heavy (non-hydrogen) atoms. The van der Waals surface area contributed by atoms with Crippen LogP contribution in [0.5, 0.6) is 0 Å². The first-order chi connectivity index (χ1) is 9.97. The molecular formula is C14H16ClN3O2S. The molecule has 0 amide bonds. The molecule has 0 radical (unpaired) electrons. The lowest BCUT2D eigenvalue weighted by atomic mass is 10.2. The van der Waals surface area contributed by atoms with Crippen LogP contribution in [-0.4, -0.2) is 32.6 Å². The Balaban J connectivity index is 2.07. The van der Waals surface area contributed by atoms with Crippen molar-refractivity contribution >= 4 is 29.3 Å². The summed E-state index contributed by atoms with van der Waals surface area (Å²) in [6, 6.07) is 7.37. The highest BCUT2D eigenvalue weighted by atomic mass is 35.5. The number of rotatable bonds is 5. The summed E-state index contributed by atoms with van der Waals surface area (Å²) in [6.45, 7) is 3.65. The maximum Gasteiger partial charge on any atom is 0.316 e. The number of hydrogen-bond donors (Lipinski definition) is 0. The topological polar surface area (TPSA) is 57.0 Å². The van der Waals surface area contributed by atoms with Gasteiger partial charge in [0.25, 0.3) is 0 Å². The largest absolute Gasteiger partial charge is 0.462 e. The lowest BCUT2D eigenvalue weighted by molar-refractivity contribution is -0.144. The third kappa shape index (κ3) is 4.22. The molecule has 2 rings (SSSR count). The molecule has 0 unspecified atom stereocenters. The van der Waals surface area contributed by atoms with Crippen LogP contribution >= 0.6 is 23.4 Å². The van der Waals surface area contributed by atoms with Gasteiger partial charge in [-0.1, -0.05) is 23.4 Å². The summed E-state index contributed by atoms with van der Waals surface area (Å²) in [4.78, 5) is 11.5. The highest BCUT2D eigenvalue weighted by Crippen LogP contribution is 2.23. The molecule has 0 bridgehead atoms. The van der Waals surface area contributed by atoms with Gasteiger partial charge in [-0.25, -0.2) is 0 Å². The predicted molar refractivity (Wildman–Crippen MR) is 83.4 cm³/mol. The molecule has 0 saturated heterocycles. The maximum atomic E-state index is 11.5. The minimum atomic E-state index is -0.258. The van der Waals surface area contributed by atoms with Crippen molar-refractivity contribution < 1.29 is 9.53 Å². The van der Waals surface area contributed by atoms with E-state index in [1.54, 1.807) is 12.1 Å². The Morgan fingerprint density at radius 1 is 1.33 bits per heavy atom. The highest BCUT2D eigenvalue weighted by Gasteiger charge is 2.13. The van der Waals surface area contributed by atoms with E-state index in [1.807, 2.05) is 37.6 Å². The SMILES string of the molecule is CC(C)OC(=O)CSc1nnc(-c2ccc(Cl)cc2)n1C. The second-order valence-corrected chi connectivity index (χ2v) is 6.08. The molecule has 0 fully saturated rings. The van der Waals surface area contributed by atoms with Gasteiger partial charge >= 0.3 is 5.97 Å². The highest BCUT2D eigenvalue weighted by molar-refractivity contribution is 7.99. The molecule has 1 aromatic heterocycles. The quantitative estimate of drug-likeness (QED) is 0.624. The molecule has 5 nitrogen and oxygen atoms in total. The fourth-order valence-corrected chi connectivity index (χ4v) is 2.53. The van der Waals surface area contributed by atoms with Crippen LogP contribution in [0.25, 0.3) is 11.4 Å². The molecule has 0 N–H and O–H groups in total. The van der Waals surface area contributed by atoms with Crippen LogP contribution in [0.3, 0.4) is 0 Å². The molecule has 0 saturated carbocycles. The normalized spacial score (nSPS) is 10.9. The summed E-state index contributed by atoms with van der Waals surface area (Å²) in [5, 5.41) is 9.59. The molecule has 0 aliphatic rings. The number of benzene rings is 1. The van der Waals surface area contributed by atoms with Gasteiger partial charge in [-0.2, -0.15) is 0 Å². The molecule has 0 spiro atoms. The molecule has 0 aliphatic heterocycles. The van der Waals surface area contributed by atoms with Gasteiger partial charge in [0.15, 0.2) is 11.0 Å². The molecule has 1 heterocycles. The number of carbonyl (C=O) groups excluding carboxylic acids is 1. The van der Waals surface area contributed by atoms with Crippen molar-refractivity contribution in [2.45, 2.75) is 25.1 Å². The van der Waals surface area contributed by atoms with E-state index in [-0.39, 0.29) is 17.8 Å².